The van der Waals surface area contributed by atoms with E-state index in [0.717, 1.165) is 24.8 Å². The Morgan fingerprint density at radius 3 is 2.91 bits per heavy atom. The van der Waals surface area contributed by atoms with Gasteiger partial charge in [0, 0.05) is 18.3 Å². The number of aromatic nitrogens is 1. The van der Waals surface area contributed by atoms with Gasteiger partial charge in [0.05, 0.1) is 5.54 Å². The quantitative estimate of drug-likeness (QED) is 0.811. The number of nitrogens with two attached hydrogens (primary N) is 1. The molecule has 1 heterocycles. The number of carbonyl (C=O) groups is 1. The first-order valence-electron chi connectivity index (χ1n) is 8.20. The van der Waals surface area contributed by atoms with E-state index in [1.807, 2.05) is 19.1 Å². The second kappa shape index (κ2) is 7.58. The summed E-state index contributed by atoms with van der Waals surface area (Å²) in [6.07, 6.45) is 8.11. The first kappa shape index (κ1) is 16.7. The molecule has 2 rings (SSSR count). The molecule has 1 amide bonds. The van der Waals surface area contributed by atoms with Crippen LogP contribution in [0.1, 0.15) is 57.9 Å². The lowest BCUT2D eigenvalue weighted by Crippen LogP contribution is -2.51. The fourth-order valence-corrected chi connectivity index (χ4v) is 2.84. The highest BCUT2D eigenvalue weighted by molar-refractivity contribution is 5.85. The van der Waals surface area contributed by atoms with E-state index in [1.54, 1.807) is 13.1 Å². The van der Waals surface area contributed by atoms with Crippen molar-refractivity contribution >= 4 is 5.91 Å². The maximum atomic E-state index is 12.2. The summed E-state index contributed by atoms with van der Waals surface area (Å²) in [5, 5.41) is 2.91. The molecule has 122 valence electrons. The molecule has 0 aromatic carbocycles. The molecule has 1 fully saturated rings. The molecule has 1 aromatic heterocycles. The molecule has 1 aromatic rings. The molecule has 0 saturated heterocycles. The van der Waals surface area contributed by atoms with Crippen molar-refractivity contribution in [3.05, 3.63) is 23.9 Å². The summed E-state index contributed by atoms with van der Waals surface area (Å²) < 4.78 is 5.98. The van der Waals surface area contributed by atoms with E-state index in [-0.39, 0.29) is 12.0 Å². The van der Waals surface area contributed by atoms with Gasteiger partial charge >= 0.3 is 0 Å². The van der Waals surface area contributed by atoms with Gasteiger partial charge in [-0.3, -0.25) is 4.79 Å². The van der Waals surface area contributed by atoms with Crippen molar-refractivity contribution < 1.29 is 9.53 Å². The first-order valence-corrected chi connectivity index (χ1v) is 8.20. The van der Waals surface area contributed by atoms with Crippen molar-refractivity contribution in [1.82, 2.24) is 10.3 Å². The standard InChI is InChI=1S/C17H27N3O2/c1-3-10-17(2,18)16(21)20-12-13-7-6-11-19-15(13)22-14-8-4-5-9-14/h6-7,11,14H,3-5,8-10,12,18H2,1-2H3,(H,20,21). The summed E-state index contributed by atoms with van der Waals surface area (Å²) in [5.74, 6) is 0.494. The second-order valence-corrected chi connectivity index (χ2v) is 6.34. The molecule has 1 aliphatic rings. The average Bonchev–Trinajstić information content (AvgIpc) is 2.99. The van der Waals surface area contributed by atoms with Gasteiger partial charge in [-0.2, -0.15) is 0 Å². The fourth-order valence-electron chi connectivity index (χ4n) is 2.84. The monoisotopic (exact) mass is 305 g/mol. The lowest BCUT2D eigenvalue weighted by Gasteiger charge is -2.23. The lowest BCUT2D eigenvalue weighted by molar-refractivity contribution is -0.126. The van der Waals surface area contributed by atoms with Crippen LogP contribution in [0.5, 0.6) is 5.88 Å². The van der Waals surface area contributed by atoms with Crippen LogP contribution in [0.4, 0.5) is 0 Å². The molecule has 0 spiro atoms. The molecule has 0 aliphatic heterocycles. The number of ether oxygens (including phenoxy) is 1. The Labute approximate surface area is 132 Å². The molecular weight excluding hydrogens is 278 g/mol. The maximum absolute atomic E-state index is 12.2. The van der Waals surface area contributed by atoms with Gasteiger partial charge in [-0.25, -0.2) is 4.98 Å². The van der Waals surface area contributed by atoms with E-state index in [2.05, 4.69) is 10.3 Å². The Bertz CT molecular complexity index is 496. The van der Waals surface area contributed by atoms with Gasteiger partial charge in [-0.05, 0) is 45.1 Å². The van der Waals surface area contributed by atoms with Crippen molar-refractivity contribution in [2.75, 3.05) is 0 Å². The molecule has 3 N–H and O–H groups in total. The van der Waals surface area contributed by atoms with Gasteiger partial charge < -0.3 is 15.8 Å². The van der Waals surface area contributed by atoms with E-state index in [1.165, 1.54) is 12.8 Å². The van der Waals surface area contributed by atoms with E-state index in [4.69, 9.17) is 10.5 Å². The largest absolute Gasteiger partial charge is 0.474 e. The number of nitrogens with zero attached hydrogens (tertiary/aromatic N) is 1. The highest BCUT2D eigenvalue weighted by atomic mass is 16.5. The third kappa shape index (κ3) is 4.44. The molecule has 0 bridgehead atoms. The molecule has 1 aliphatic carbocycles. The Morgan fingerprint density at radius 1 is 1.50 bits per heavy atom. The summed E-state index contributed by atoms with van der Waals surface area (Å²) in [6.45, 7) is 4.18. The number of hydrogen-bond donors (Lipinski definition) is 2. The summed E-state index contributed by atoms with van der Waals surface area (Å²) in [5.41, 5.74) is 6.11. The predicted octanol–water partition coefficient (Wildman–Crippen LogP) is 2.54. The Hall–Kier alpha value is -1.62. The molecule has 5 nitrogen and oxygen atoms in total. The van der Waals surface area contributed by atoms with E-state index in [0.29, 0.717) is 18.8 Å². The van der Waals surface area contributed by atoms with Gasteiger partial charge in [0.15, 0.2) is 0 Å². The summed E-state index contributed by atoms with van der Waals surface area (Å²) in [4.78, 5) is 16.5. The summed E-state index contributed by atoms with van der Waals surface area (Å²) in [7, 11) is 0. The minimum atomic E-state index is -0.830. The topological polar surface area (TPSA) is 77.2 Å². The normalized spacial score (nSPS) is 18.0. The van der Waals surface area contributed by atoms with Crippen molar-refractivity contribution in [3.8, 4) is 5.88 Å². The van der Waals surface area contributed by atoms with Gasteiger partial charge in [0.2, 0.25) is 11.8 Å². The predicted molar refractivity (Wildman–Crippen MR) is 86.5 cm³/mol. The second-order valence-electron chi connectivity index (χ2n) is 6.34. The first-order chi connectivity index (χ1) is 10.5. The number of hydrogen-bond acceptors (Lipinski definition) is 4. The summed E-state index contributed by atoms with van der Waals surface area (Å²) >= 11 is 0. The summed E-state index contributed by atoms with van der Waals surface area (Å²) in [6, 6.07) is 3.79. The number of amides is 1. The number of carbonyl (C=O) groups excluding carboxylic acids is 1. The molecule has 22 heavy (non-hydrogen) atoms. The van der Waals surface area contributed by atoms with Crippen molar-refractivity contribution in [2.24, 2.45) is 5.73 Å². The van der Waals surface area contributed by atoms with Crippen LogP contribution in [0.15, 0.2) is 18.3 Å². The van der Waals surface area contributed by atoms with Gasteiger partial charge in [-0.1, -0.05) is 19.4 Å². The minimum absolute atomic E-state index is 0.134. The zero-order chi connectivity index (χ0) is 16.0. The third-order valence-electron chi connectivity index (χ3n) is 4.16. The van der Waals surface area contributed by atoms with Crippen molar-refractivity contribution in [1.29, 1.82) is 0 Å². The number of pyridine rings is 1. The fraction of sp³-hybridized carbons (Fsp3) is 0.647. The van der Waals surface area contributed by atoms with Crippen LogP contribution in [-0.2, 0) is 11.3 Å². The average molecular weight is 305 g/mol. The molecule has 0 radical (unpaired) electrons. The molecule has 1 unspecified atom stereocenters. The molecular formula is C17H27N3O2. The minimum Gasteiger partial charge on any atom is -0.474 e. The molecule has 5 heteroatoms. The highest BCUT2D eigenvalue weighted by Gasteiger charge is 2.27. The zero-order valence-electron chi connectivity index (χ0n) is 13.6. The zero-order valence-corrected chi connectivity index (χ0v) is 13.6. The van der Waals surface area contributed by atoms with Gasteiger partial charge in [-0.15, -0.1) is 0 Å². The smallest absolute Gasteiger partial charge is 0.240 e. The Balaban J connectivity index is 1.96. The van der Waals surface area contributed by atoms with Crippen LogP contribution >= 0.6 is 0 Å². The Morgan fingerprint density at radius 2 is 2.23 bits per heavy atom. The number of nitrogens with one attached hydrogen (secondary N) is 1. The van der Waals surface area contributed by atoms with Gasteiger partial charge in [0.1, 0.15) is 6.10 Å². The molecule has 1 saturated carbocycles. The van der Waals surface area contributed by atoms with Crippen LogP contribution in [-0.4, -0.2) is 22.5 Å². The van der Waals surface area contributed by atoms with E-state index in [9.17, 15) is 4.79 Å². The Kier molecular flexibility index (Phi) is 5.77. The van der Waals surface area contributed by atoms with Crippen LogP contribution in [0.2, 0.25) is 0 Å². The molecule has 1 atom stereocenters. The van der Waals surface area contributed by atoms with E-state index < -0.39 is 5.54 Å². The van der Waals surface area contributed by atoms with E-state index >= 15 is 0 Å². The van der Waals surface area contributed by atoms with Crippen LogP contribution < -0.4 is 15.8 Å². The SMILES string of the molecule is CCCC(C)(N)C(=O)NCc1cccnc1OC1CCCC1. The highest BCUT2D eigenvalue weighted by Crippen LogP contribution is 2.25. The lowest BCUT2D eigenvalue weighted by atomic mass is 9.96. The van der Waals surface area contributed by atoms with Gasteiger partial charge in [0.25, 0.3) is 0 Å². The third-order valence-corrected chi connectivity index (χ3v) is 4.16. The maximum Gasteiger partial charge on any atom is 0.240 e. The van der Waals surface area contributed by atoms with Crippen LogP contribution in [0.3, 0.4) is 0 Å². The van der Waals surface area contributed by atoms with Crippen molar-refractivity contribution in [2.45, 2.75) is 70.6 Å². The number of rotatable bonds is 7. The van der Waals surface area contributed by atoms with Crippen molar-refractivity contribution in [3.63, 3.8) is 0 Å². The van der Waals surface area contributed by atoms with Crippen LogP contribution in [0.25, 0.3) is 0 Å². The van der Waals surface area contributed by atoms with Crippen LogP contribution in [0, 0.1) is 0 Å².